The molecule has 1 saturated heterocycles. The van der Waals surface area contributed by atoms with E-state index in [4.69, 9.17) is 10.2 Å². The highest BCUT2D eigenvalue weighted by molar-refractivity contribution is 5.80. The molecule has 88 valence electrons. The smallest absolute Gasteiger partial charge is 0.194 e. The fraction of sp³-hybridized carbons (Fsp3) is 0.500. The van der Waals surface area contributed by atoms with Gasteiger partial charge in [0.2, 0.25) is 0 Å². The summed E-state index contributed by atoms with van der Waals surface area (Å²) in [5.41, 5.74) is 5.72. The summed E-state index contributed by atoms with van der Waals surface area (Å²) in [7, 11) is 0. The van der Waals surface area contributed by atoms with Crippen molar-refractivity contribution in [3.8, 4) is 0 Å². The third-order valence-corrected chi connectivity index (χ3v) is 2.28. The monoisotopic (exact) mass is 223 g/mol. The van der Waals surface area contributed by atoms with Gasteiger partial charge in [0.05, 0.1) is 12.4 Å². The molecule has 5 N–H and O–H groups in total. The van der Waals surface area contributed by atoms with E-state index < -0.39 is 0 Å². The zero-order valence-corrected chi connectivity index (χ0v) is 9.23. The molecule has 2 unspecified atom stereocenters. The average Bonchev–Trinajstić information content (AvgIpc) is 2.69. The standard InChI is InChI=1S/C10H17N5O/c1-7-13-9(11)15-10(14-7)12-5-4-8-3-2-6-16-8/h2-3,6-7,9,13H,4-5,11H2,1H3,(H2,12,14,15). The Hall–Kier alpha value is -1.53. The van der Waals surface area contributed by atoms with Crippen LogP contribution in [0.3, 0.4) is 0 Å². The number of guanidine groups is 1. The lowest BCUT2D eigenvalue weighted by Crippen LogP contribution is -2.67. The molecule has 0 saturated carbocycles. The highest BCUT2D eigenvalue weighted by atomic mass is 16.3. The van der Waals surface area contributed by atoms with Crippen LogP contribution in [-0.4, -0.2) is 25.0 Å². The van der Waals surface area contributed by atoms with E-state index in [0.717, 1.165) is 18.1 Å². The maximum absolute atomic E-state index is 5.72. The molecule has 2 rings (SSSR count). The van der Waals surface area contributed by atoms with Crippen molar-refractivity contribution in [3.63, 3.8) is 0 Å². The van der Waals surface area contributed by atoms with Crippen molar-refractivity contribution in [2.24, 2.45) is 10.7 Å². The Bertz CT molecular complexity index is 336. The van der Waals surface area contributed by atoms with Crippen molar-refractivity contribution < 1.29 is 4.42 Å². The van der Waals surface area contributed by atoms with E-state index in [1.54, 1.807) is 6.26 Å². The Kier molecular flexibility index (Phi) is 3.43. The van der Waals surface area contributed by atoms with Crippen LogP contribution in [0.1, 0.15) is 12.7 Å². The predicted octanol–water partition coefficient (Wildman–Crippen LogP) is -0.451. The first kappa shape index (κ1) is 11.0. The lowest BCUT2D eigenvalue weighted by Gasteiger charge is -2.30. The maximum Gasteiger partial charge on any atom is 0.194 e. The van der Waals surface area contributed by atoms with Crippen LogP contribution in [0.25, 0.3) is 0 Å². The molecule has 1 aliphatic heterocycles. The third-order valence-electron chi connectivity index (χ3n) is 2.28. The summed E-state index contributed by atoms with van der Waals surface area (Å²) in [6.45, 7) is 2.66. The molecule has 1 aromatic rings. The van der Waals surface area contributed by atoms with Gasteiger partial charge in [-0.15, -0.1) is 0 Å². The van der Waals surface area contributed by atoms with E-state index in [0.29, 0.717) is 6.54 Å². The second-order valence-electron chi connectivity index (χ2n) is 3.71. The second kappa shape index (κ2) is 5.00. The molecule has 1 fully saturated rings. The summed E-state index contributed by atoms with van der Waals surface area (Å²) in [6.07, 6.45) is 2.33. The summed E-state index contributed by atoms with van der Waals surface area (Å²) in [6, 6.07) is 3.82. The van der Waals surface area contributed by atoms with Gasteiger partial charge in [0.25, 0.3) is 0 Å². The van der Waals surface area contributed by atoms with Crippen molar-refractivity contribution in [1.82, 2.24) is 16.0 Å². The van der Waals surface area contributed by atoms with Gasteiger partial charge in [0.1, 0.15) is 12.0 Å². The molecule has 0 bridgehead atoms. The number of hydrogen-bond acceptors (Lipinski definition) is 4. The Balaban J connectivity index is 1.82. The SMILES string of the molecule is CC1NC(=NCCc2ccco2)NC(N)N1. The lowest BCUT2D eigenvalue weighted by molar-refractivity contribution is 0.373. The first-order valence-electron chi connectivity index (χ1n) is 5.35. The number of nitrogens with one attached hydrogen (secondary N) is 3. The molecule has 0 radical (unpaired) electrons. The van der Waals surface area contributed by atoms with Crippen LogP contribution in [0.15, 0.2) is 27.8 Å². The van der Waals surface area contributed by atoms with Crippen LogP contribution >= 0.6 is 0 Å². The summed E-state index contributed by atoms with van der Waals surface area (Å²) in [4.78, 5) is 4.37. The summed E-state index contributed by atoms with van der Waals surface area (Å²) in [5, 5.41) is 9.22. The van der Waals surface area contributed by atoms with Gasteiger partial charge in [-0.25, -0.2) is 0 Å². The van der Waals surface area contributed by atoms with Gasteiger partial charge < -0.3 is 15.1 Å². The zero-order chi connectivity index (χ0) is 11.4. The Labute approximate surface area is 94.3 Å². The molecule has 0 spiro atoms. The van der Waals surface area contributed by atoms with Crippen molar-refractivity contribution in [3.05, 3.63) is 24.2 Å². The van der Waals surface area contributed by atoms with Gasteiger partial charge in [-0.3, -0.25) is 16.0 Å². The molecule has 6 nitrogen and oxygen atoms in total. The van der Waals surface area contributed by atoms with E-state index in [-0.39, 0.29) is 12.5 Å². The van der Waals surface area contributed by atoms with Crippen LogP contribution in [-0.2, 0) is 6.42 Å². The first-order chi connectivity index (χ1) is 7.74. The molecule has 2 atom stereocenters. The van der Waals surface area contributed by atoms with Crippen LogP contribution < -0.4 is 21.7 Å². The quantitative estimate of drug-likeness (QED) is 0.557. The van der Waals surface area contributed by atoms with Gasteiger partial charge in [-0.2, -0.15) is 0 Å². The van der Waals surface area contributed by atoms with E-state index >= 15 is 0 Å². The largest absolute Gasteiger partial charge is 0.469 e. The minimum atomic E-state index is -0.251. The van der Waals surface area contributed by atoms with Crippen LogP contribution in [0, 0.1) is 0 Å². The molecule has 2 heterocycles. The Morgan fingerprint density at radius 1 is 1.50 bits per heavy atom. The summed E-state index contributed by atoms with van der Waals surface area (Å²) < 4.78 is 5.22. The Morgan fingerprint density at radius 3 is 3.06 bits per heavy atom. The van der Waals surface area contributed by atoms with E-state index in [9.17, 15) is 0 Å². The molecule has 1 aliphatic rings. The van der Waals surface area contributed by atoms with Gasteiger partial charge in [-0.1, -0.05) is 0 Å². The summed E-state index contributed by atoms with van der Waals surface area (Å²) in [5.74, 6) is 1.67. The molecule has 16 heavy (non-hydrogen) atoms. The van der Waals surface area contributed by atoms with Gasteiger partial charge in [-0.05, 0) is 19.1 Å². The first-order valence-corrected chi connectivity index (χ1v) is 5.35. The molecule has 0 amide bonds. The predicted molar refractivity (Wildman–Crippen MR) is 61.6 cm³/mol. The topological polar surface area (TPSA) is 87.6 Å². The number of nitrogens with zero attached hydrogens (tertiary/aromatic N) is 1. The van der Waals surface area contributed by atoms with Crippen molar-refractivity contribution in [1.29, 1.82) is 0 Å². The van der Waals surface area contributed by atoms with Crippen LogP contribution in [0.2, 0.25) is 0 Å². The Morgan fingerprint density at radius 2 is 2.38 bits per heavy atom. The fourth-order valence-corrected chi connectivity index (χ4v) is 1.57. The van der Waals surface area contributed by atoms with Crippen LogP contribution in [0.4, 0.5) is 0 Å². The van der Waals surface area contributed by atoms with E-state index in [2.05, 4.69) is 20.9 Å². The zero-order valence-electron chi connectivity index (χ0n) is 9.23. The molecule has 0 aliphatic carbocycles. The highest BCUT2D eigenvalue weighted by Crippen LogP contribution is 2.00. The van der Waals surface area contributed by atoms with Gasteiger partial charge in [0, 0.05) is 13.0 Å². The number of nitrogens with two attached hydrogens (primary N) is 1. The lowest BCUT2D eigenvalue weighted by atomic mass is 10.3. The van der Waals surface area contributed by atoms with Crippen molar-refractivity contribution in [2.45, 2.75) is 25.8 Å². The van der Waals surface area contributed by atoms with Crippen molar-refractivity contribution in [2.75, 3.05) is 6.54 Å². The molecular weight excluding hydrogens is 206 g/mol. The maximum atomic E-state index is 5.72. The minimum Gasteiger partial charge on any atom is -0.469 e. The minimum absolute atomic E-state index is 0.124. The average molecular weight is 223 g/mol. The second-order valence-corrected chi connectivity index (χ2v) is 3.71. The number of rotatable bonds is 3. The highest BCUT2D eigenvalue weighted by Gasteiger charge is 2.16. The van der Waals surface area contributed by atoms with E-state index in [1.165, 1.54) is 0 Å². The summed E-state index contributed by atoms with van der Waals surface area (Å²) >= 11 is 0. The number of aliphatic imine (C=N–C) groups is 1. The third kappa shape index (κ3) is 2.98. The van der Waals surface area contributed by atoms with Crippen LogP contribution in [0.5, 0.6) is 0 Å². The number of hydrogen-bond donors (Lipinski definition) is 4. The molecular formula is C10H17N5O. The molecule has 1 aromatic heterocycles. The number of furan rings is 1. The normalized spacial score (nSPS) is 27.5. The molecule has 0 aromatic carbocycles. The van der Waals surface area contributed by atoms with Gasteiger partial charge in [0.15, 0.2) is 5.96 Å². The van der Waals surface area contributed by atoms with Crippen molar-refractivity contribution >= 4 is 5.96 Å². The fourth-order valence-electron chi connectivity index (χ4n) is 1.57. The van der Waals surface area contributed by atoms with E-state index in [1.807, 2.05) is 19.1 Å². The van der Waals surface area contributed by atoms with Gasteiger partial charge >= 0.3 is 0 Å². The molecule has 6 heteroatoms.